The van der Waals surface area contributed by atoms with Crippen molar-refractivity contribution < 1.29 is 9.53 Å². The van der Waals surface area contributed by atoms with E-state index in [4.69, 9.17) is 4.74 Å². The Hall–Kier alpha value is -0.270. The van der Waals surface area contributed by atoms with Crippen molar-refractivity contribution in [2.75, 3.05) is 39.1 Å². The molecule has 1 aromatic rings. The summed E-state index contributed by atoms with van der Waals surface area (Å²) in [5.41, 5.74) is 1.32. The molecular formula is C16H25ClN2O2S2. The average Bonchev–Trinajstić information content (AvgIpc) is 3.02. The number of thiophene rings is 1. The third kappa shape index (κ3) is 4.42. The zero-order valence-corrected chi connectivity index (χ0v) is 15.9. The maximum atomic E-state index is 12.7. The van der Waals surface area contributed by atoms with Gasteiger partial charge in [0.1, 0.15) is 5.25 Å². The second-order valence-corrected chi connectivity index (χ2v) is 8.41. The van der Waals surface area contributed by atoms with Crippen LogP contribution in [0, 0.1) is 5.41 Å². The van der Waals surface area contributed by atoms with E-state index in [1.54, 1.807) is 30.2 Å². The van der Waals surface area contributed by atoms with Crippen LogP contribution in [0.5, 0.6) is 0 Å². The van der Waals surface area contributed by atoms with Crippen molar-refractivity contribution >= 4 is 41.4 Å². The van der Waals surface area contributed by atoms with Crippen LogP contribution < -0.4 is 10.6 Å². The molecule has 0 aromatic carbocycles. The largest absolute Gasteiger partial charge is 0.384 e. The highest BCUT2D eigenvalue weighted by Crippen LogP contribution is 2.39. The van der Waals surface area contributed by atoms with Crippen LogP contribution >= 0.6 is 35.5 Å². The fourth-order valence-corrected chi connectivity index (χ4v) is 5.68. The van der Waals surface area contributed by atoms with Gasteiger partial charge < -0.3 is 15.4 Å². The van der Waals surface area contributed by atoms with Gasteiger partial charge in [0.2, 0.25) is 5.91 Å². The monoisotopic (exact) mass is 376 g/mol. The van der Waals surface area contributed by atoms with Gasteiger partial charge in [-0.1, -0.05) is 0 Å². The molecule has 1 unspecified atom stereocenters. The number of rotatable bonds is 5. The van der Waals surface area contributed by atoms with Gasteiger partial charge in [-0.25, -0.2) is 0 Å². The van der Waals surface area contributed by atoms with Crippen LogP contribution in [0.1, 0.15) is 28.5 Å². The predicted octanol–water partition coefficient (Wildman–Crippen LogP) is 2.63. The number of thioether (sulfide) groups is 1. The maximum absolute atomic E-state index is 12.7. The zero-order chi connectivity index (χ0) is 15.4. The van der Waals surface area contributed by atoms with Crippen molar-refractivity contribution in [3.8, 4) is 0 Å². The van der Waals surface area contributed by atoms with Gasteiger partial charge in [0.25, 0.3) is 0 Å². The summed E-state index contributed by atoms with van der Waals surface area (Å²) in [6.45, 7) is 3.45. The Morgan fingerprint density at radius 3 is 3.00 bits per heavy atom. The molecule has 1 saturated heterocycles. The second-order valence-electron chi connectivity index (χ2n) is 6.20. The van der Waals surface area contributed by atoms with E-state index in [2.05, 4.69) is 22.1 Å². The number of carbonyl (C=O) groups excluding carboxylic acids is 1. The van der Waals surface area contributed by atoms with Crippen LogP contribution in [-0.4, -0.2) is 45.0 Å². The molecule has 0 aliphatic carbocycles. The Kier molecular flexibility index (Phi) is 7.22. The number of carbonyl (C=O) groups is 1. The molecule has 2 aliphatic heterocycles. The molecule has 3 heterocycles. The molecule has 0 radical (unpaired) electrons. The first-order valence-corrected chi connectivity index (χ1v) is 9.82. The van der Waals surface area contributed by atoms with Gasteiger partial charge in [-0.2, -0.15) is 0 Å². The van der Waals surface area contributed by atoms with Gasteiger partial charge in [-0.15, -0.1) is 35.5 Å². The van der Waals surface area contributed by atoms with Crippen LogP contribution in [-0.2, 0) is 16.0 Å². The number of ether oxygens (including phenoxy) is 1. The van der Waals surface area contributed by atoms with Gasteiger partial charge in [-0.05, 0) is 55.1 Å². The summed E-state index contributed by atoms with van der Waals surface area (Å²) in [6.07, 6.45) is 3.21. The molecule has 23 heavy (non-hydrogen) atoms. The summed E-state index contributed by atoms with van der Waals surface area (Å²) in [5.74, 6) is 1.21. The number of halogens is 1. The minimum absolute atomic E-state index is 0. The number of piperidine rings is 1. The van der Waals surface area contributed by atoms with Crippen LogP contribution in [0.2, 0.25) is 0 Å². The molecule has 1 atom stereocenters. The van der Waals surface area contributed by atoms with Crippen molar-refractivity contribution in [2.24, 2.45) is 5.41 Å². The van der Waals surface area contributed by atoms with E-state index in [1.807, 2.05) is 0 Å². The highest BCUT2D eigenvalue weighted by molar-refractivity contribution is 8.00. The molecule has 0 saturated carbocycles. The molecule has 1 amide bonds. The van der Waals surface area contributed by atoms with E-state index in [-0.39, 0.29) is 29.0 Å². The number of aryl methyl sites for hydroxylation is 1. The van der Waals surface area contributed by atoms with E-state index < -0.39 is 0 Å². The lowest BCUT2D eigenvalue weighted by Gasteiger charge is -2.37. The highest BCUT2D eigenvalue weighted by Gasteiger charge is 2.34. The summed E-state index contributed by atoms with van der Waals surface area (Å²) < 4.78 is 5.42. The van der Waals surface area contributed by atoms with Crippen molar-refractivity contribution in [2.45, 2.75) is 24.5 Å². The van der Waals surface area contributed by atoms with Crippen LogP contribution in [0.3, 0.4) is 0 Å². The smallest absolute Gasteiger partial charge is 0.237 e. The third-order valence-electron chi connectivity index (χ3n) is 4.67. The minimum atomic E-state index is -0.0312. The van der Waals surface area contributed by atoms with Gasteiger partial charge in [0, 0.05) is 23.9 Å². The number of amides is 1. The number of hydrogen-bond acceptors (Lipinski definition) is 5. The maximum Gasteiger partial charge on any atom is 0.237 e. The van der Waals surface area contributed by atoms with Crippen molar-refractivity contribution in [3.05, 3.63) is 21.9 Å². The number of hydrogen-bond donors (Lipinski definition) is 2. The molecule has 3 rings (SSSR count). The lowest BCUT2D eigenvalue weighted by Crippen LogP contribution is -2.47. The fraction of sp³-hybridized carbons (Fsp3) is 0.688. The van der Waals surface area contributed by atoms with Crippen molar-refractivity contribution in [3.63, 3.8) is 0 Å². The van der Waals surface area contributed by atoms with Gasteiger partial charge in [-0.3, -0.25) is 4.79 Å². The molecule has 1 fully saturated rings. The van der Waals surface area contributed by atoms with Gasteiger partial charge in [0.05, 0.1) is 6.61 Å². The molecule has 0 bridgehead atoms. The SMILES string of the molecule is COCC1(CNC(=O)C2SCCc3sccc32)CCNCC1.Cl. The van der Waals surface area contributed by atoms with Crippen molar-refractivity contribution in [1.29, 1.82) is 0 Å². The summed E-state index contributed by atoms with van der Waals surface area (Å²) in [4.78, 5) is 14.0. The van der Waals surface area contributed by atoms with E-state index in [0.29, 0.717) is 0 Å². The van der Waals surface area contributed by atoms with Crippen molar-refractivity contribution in [1.82, 2.24) is 10.6 Å². The Balaban J connectivity index is 0.00000192. The van der Waals surface area contributed by atoms with Crippen LogP contribution in [0.25, 0.3) is 0 Å². The van der Waals surface area contributed by atoms with Crippen LogP contribution in [0.15, 0.2) is 11.4 Å². The molecule has 2 N–H and O–H groups in total. The molecule has 130 valence electrons. The lowest BCUT2D eigenvalue weighted by molar-refractivity contribution is -0.121. The lowest BCUT2D eigenvalue weighted by atomic mass is 9.79. The standard InChI is InChI=1S/C16H24N2O2S2.ClH/c1-20-11-16(4-6-17-7-5-16)10-18-15(19)14-12-2-8-21-13(12)3-9-22-14;/h2,8,14,17H,3-7,9-11H2,1H3,(H,18,19);1H. The zero-order valence-electron chi connectivity index (χ0n) is 13.4. The predicted molar refractivity (Wildman–Crippen MR) is 99.9 cm³/mol. The summed E-state index contributed by atoms with van der Waals surface area (Å²) in [6, 6.07) is 2.12. The van der Waals surface area contributed by atoms with E-state index in [0.717, 1.165) is 51.3 Å². The van der Waals surface area contributed by atoms with E-state index >= 15 is 0 Å². The molecule has 1 aromatic heterocycles. The average molecular weight is 377 g/mol. The van der Waals surface area contributed by atoms with E-state index in [1.165, 1.54) is 10.4 Å². The molecule has 7 heteroatoms. The quantitative estimate of drug-likeness (QED) is 0.829. The Morgan fingerprint density at radius 2 is 2.26 bits per heavy atom. The number of nitrogens with one attached hydrogen (secondary N) is 2. The Morgan fingerprint density at radius 1 is 1.48 bits per heavy atom. The summed E-state index contributed by atoms with van der Waals surface area (Å²) in [7, 11) is 1.75. The van der Waals surface area contributed by atoms with Gasteiger partial charge >= 0.3 is 0 Å². The first-order valence-electron chi connectivity index (χ1n) is 7.89. The summed E-state index contributed by atoms with van der Waals surface area (Å²) in [5, 5.41) is 8.68. The Bertz CT molecular complexity index is 512. The third-order valence-corrected chi connectivity index (χ3v) is 6.90. The summed E-state index contributed by atoms with van der Waals surface area (Å²) >= 11 is 3.55. The topological polar surface area (TPSA) is 50.4 Å². The number of fused-ring (bicyclic) bond motifs is 1. The first-order chi connectivity index (χ1) is 10.7. The van der Waals surface area contributed by atoms with Crippen LogP contribution in [0.4, 0.5) is 0 Å². The highest BCUT2D eigenvalue weighted by atomic mass is 35.5. The normalized spacial score (nSPS) is 22.7. The number of methoxy groups -OCH3 is 1. The fourth-order valence-electron chi connectivity index (χ4n) is 3.37. The molecule has 4 nitrogen and oxygen atoms in total. The molecule has 0 spiro atoms. The van der Waals surface area contributed by atoms with Gasteiger partial charge in [0.15, 0.2) is 0 Å². The van der Waals surface area contributed by atoms with E-state index in [9.17, 15) is 4.79 Å². The second kappa shape index (κ2) is 8.72. The molecular weight excluding hydrogens is 352 g/mol. The molecule has 2 aliphatic rings. The first kappa shape index (κ1) is 19.1. The minimum Gasteiger partial charge on any atom is -0.384 e. The Labute approximate surface area is 152 Å².